The van der Waals surface area contributed by atoms with Crippen LogP contribution in [0.25, 0.3) is 11.6 Å². The standard InChI is InChI=1S/C14H10F3N5O2/c15-14(16,17)20-13-22-21-12(24-13)11-10(2-1-5-19-11)23-8-9-3-6-18-7-4-9/h1-7H,8H2,(H,20,22). The topological polar surface area (TPSA) is 86.0 Å². The molecule has 1 N–H and O–H groups in total. The van der Waals surface area contributed by atoms with E-state index < -0.39 is 12.3 Å². The number of hydrogen-bond acceptors (Lipinski definition) is 7. The summed E-state index contributed by atoms with van der Waals surface area (Å²) in [7, 11) is 0. The highest BCUT2D eigenvalue weighted by Crippen LogP contribution is 2.29. The maximum absolute atomic E-state index is 12.3. The van der Waals surface area contributed by atoms with Crippen molar-refractivity contribution in [3.05, 3.63) is 48.4 Å². The Kier molecular flexibility index (Phi) is 4.27. The normalized spacial score (nSPS) is 11.3. The molecule has 0 unspecified atom stereocenters. The average molecular weight is 337 g/mol. The predicted octanol–water partition coefficient (Wildman–Crippen LogP) is 3.04. The van der Waals surface area contributed by atoms with Crippen molar-refractivity contribution in [1.82, 2.24) is 20.2 Å². The van der Waals surface area contributed by atoms with E-state index in [0.29, 0.717) is 5.75 Å². The van der Waals surface area contributed by atoms with Crippen LogP contribution >= 0.6 is 0 Å². The first kappa shape index (κ1) is 15.7. The zero-order valence-corrected chi connectivity index (χ0v) is 12.0. The van der Waals surface area contributed by atoms with Gasteiger partial charge in [0.25, 0.3) is 5.89 Å². The van der Waals surface area contributed by atoms with Crippen molar-refractivity contribution >= 4 is 6.01 Å². The van der Waals surface area contributed by atoms with Crippen LogP contribution in [0.1, 0.15) is 5.56 Å². The number of hydrogen-bond donors (Lipinski definition) is 1. The lowest BCUT2D eigenvalue weighted by atomic mass is 10.3. The van der Waals surface area contributed by atoms with Gasteiger partial charge in [-0.3, -0.25) is 4.98 Å². The summed E-state index contributed by atoms with van der Waals surface area (Å²) in [5.74, 6) is 0.114. The predicted molar refractivity (Wildman–Crippen MR) is 75.8 cm³/mol. The molecule has 0 bridgehead atoms. The Balaban J connectivity index is 1.79. The summed E-state index contributed by atoms with van der Waals surface area (Å²) in [5, 5.41) is 7.97. The zero-order chi connectivity index (χ0) is 17.0. The summed E-state index contributed by atoms with van der Waals surface area (Å²) in [6.45, 7) is 0.225. The van der Waals surface area contributed by atoms with Crippen LogP contribution in [0, 0.1) is 0 Å². The SMILES string of the molecule is FC(F)(F)Nc1nnc(-c2ncccc2OCc2ccncc2)o1. The fraction of sp³-hybridized carbons (Fsp3) is 0.143. The number of pyridine rings is 2. The first-order valence-electron chi connectivity index (χ1n) is 6.67. The summed E-state index contributed by atoms with van der Waals surface area (Å²) in [6, 6.07) is 5.99. The van der Waals surface area contributed by atoms with Gasteiger partial charge >= 0.3 is 12.3 Å². The van der Waals surface area contributed by atoms with Crippen molar-refractivity contribution in [3.8, 4) is 17.3 Å². The third-order valence-electron chi connectivity index (χ3n) is 2.79. The van der Waals surface area contributed by atoms with E-state index in [1.54, 1.807) is 36.7 Å². The second kappa shape index (κ2) is 6.52. The van der Waals surface area contributed by atoms with Crippen LogP contribution in [0.5, 0.6) is 5.75 Å². The Morgan fingerprint density at radius 2 is 1.88 bits per heavy atom. The molecule has 0 spiro atoms. The molecule has 0 saturated carbocycles. The van der Waals surface area contributed by atoms with Gasteiger partial charge in [-0.2, -0.15) is 13.2 Å². The molecule has 0 amide bonds. The molecule has 0 aliphatic carbocycles. The molecule has 10 heteroatoms. The molecule has 0 aromatic carbocycles. The number of nitrogens with one attached hydrogen (secondary N) is 1. The highest BCUT2D eigenvalue weighted by Gasteiger charge is 2.30. The summed E-state index contributed by atoms with van der Waals surface area (Å²) in [5.41, 5.74) is 1.01. The molecule has 3 aromatic heterocycles. The largest absolute Gasteiger partial charge is 0.486 e. The molecule has 3 heterocycles. The molecule has 24 heavy (non-hydrogen) atoms. The Hall–Kier alpha value is -3.17. The van der Waals surface area contributed by atoms with Crippen molar-refractivity contribution in [3.63, 3.8) is 0 Å². The van der Waals surface area contributed by atoms with Gasteiger partial charge in [0.1, 0.15) is 6.61 Å². The van der Waals surface area contributed by atoms with Crippen LogP contribution in [0.15, 0.2) is 47.3 Å². The number of nitrogens with zero attached hydrogens (tertiary/aromatic N) is 4. The lowest BCUT2D eigenvalue weighted by molar-refractivity contribution is -0.102. The number of halogens is 3. The third-order valence-corrected chi connectivity index (χ3v) is 2.79. The summed E-state index contributed by atoms with van der Waals surface area (Å²) in [4.78, 5) is 7.93. The molecule has 0 fully saturated rings. The Morgan fingerprint density at radius 1 is 1.08 bits per heavy atom. The van der Waals surface area contributed by atoms with Crippen molar-refractivity contribution in [2.24, 2.45) is 0 Å². The Labute approximate surface area is 133 Å². The second-order valence-electron chi connectivity index (χ2n) is 4.53. The minimum Gasteiger partial charge on any atom is -0.486 e. The van der Waals surface area contributed by atoms with E-state index in [4.69, 9.17) is 9.15 Å². The van der Waals surface area contributed by atoms with Gasteiger partial charge in [0.15, 0.2) is 11.4 Å². The van der Waals surface area contributed by atoms with Gasteiger partial charge in [-0.05, 0) is 29.8 Å². The third kappa shape index (κ3) is 3.97. The van der Waals surface area contributed by atoms with E-state index in [2.05, 4.69) is 20.2 Å². The molecule has 3 aromatic rings. The van der Waals surface area contributed by atoms with Gasteiger partial charge in [0.2, 0.25) is 0 Å². The molecular formula is C14H10F3N5O2. The van der Waals surface area contributed by atoms with Gasteiger partial charge in [-0.15, -0.1) is 5.10 Å². The van der Waals surface area contributed by atoms with Crippen LogP contribution in [-0.4, -0.2) is 26.5 Å². The van der Waals surface area contributed by atoms with Crippen LogP contribution in [0.4, 0.5) is 19.2 Å². The average Bonchev–Trinajstić information content (AvgIpc) is 3.00. The molecule has 0 saturated heterocycles. The van der Waals surface area contributed by atoms with Crippen molar-refractivity contribution in [1.29, 1.82) is 0 Å². The number of rotatable bonds is 5. The fourth-order valence-electron chi connectivity index (χ4n) is 1.80. The fourth-order valence-corrected chi connectivity index (χ4v) is 1.80. The molecule has 0 atom stereocenters. The van der Waals surface area contributed by atoms with Gasteiger partial charge in [0.05, 0.1) is 0 Å². The van der Waals surface area contributed by atoms with E-state index >= 15 is 0 Å². The van der Waals surface area contributed by atoms with Gasteiger partial charge < -0.3 is 9.15 Å². The Bertz CT molecular complexity index is 807. The maximum atomic E-state index is 12.3. The molecule has 124 valence electrons. The van der Waals surface area contributed by atoms with Crippen LogP contribution in [0.2, 0.25) is 0 Å². The van der Waals surface area contributed by atoms with Crippen LogP contribution in [0.3, 0.4) is 0 Å². The molecule has 7 nitrogen and oxygen atoms in total. The first-order chi connectivity index (χ1) is 11.5. The monoisotopic (exact) mass is 337 g/mol. The van der Waals surface area contributed by atoms with Gasteiger partial charge in [0, 0.05) is 18.6 Å². The number of aromatic nitrogens is 4. The minimum absolute atomic E-state index is 0.147. The second-order valence-corrected chi connectivity index (χ2v) is 4.53. The van der Waals surface area contributed by atoms with E-state index in [-0.39, 0.29) is 18.2 Å². The van der Waals surface area contributed by atoms with Gasteiger partial charge in [-0.1, -0.05) is 5.10 Å². The van der Waals surface area contributed by atoms with E-state index in [0.717, 1.165) is 10.9 Å². The van der Waals surface area contributed by atoms with Crippen LogP contribution < -0.4 is 10.1 Å². The lowest BCUT2D eigenvalue weighted by Gasteiger charge is -2.08. The van der Waals surface area contributed by atoms with Crippen molar-refractivity contribution < 1.29 is 22.3 Å². The molecule has 0 radical (unpaired) electrons. The summed E-state index contributed by atoms with van der Waals surface area (Å²) < 4.78 is 47.3. The minimum atomic E-state index is -4.67. The zero-order valence-electron chi connectivity index (χ0n) is 12.0. The lowest BCUT2D eigenvalue weighted by Crippen LogP contribution is -2.20. The molecule has 3 rings (SSSR count). The summed E-state index contributed by atoms with van der Waals surface area (Å²) >= 11 is 0. The van der Waals surface area contributed by atoms with Gasteiger partial charge in [-0.25, -0.2) is 10.3 Å². The molecular weight excluding hydrogens is 327 g/mol. The van der Waals surface area contributed by atoms with Crippen LogP contribution in [-0.2, 0) is 6.61 Å². The number of anilines is 1. The maximum Gasteiger partial charge on any atom is 0.485 e. The van der Waals surface area contributed by atoms with E-state index in [1.807, 2.05) is 0 Å². The van der Waals surface area contributed by atoms with E-state index in [9.17, 15) is 13.2 Å². The highest BCUT2D eigenvalue weighted by molar-refractivity contribution is 5.57. The number of alkyl halides is 3. The smallest absolute Gasteiger partial charge is 0.485 e. The Morgan fingerprint density at radius 3 is 2.62 bits per heavy atom. The molecule has 0 aliphatic heterocycles. The van der Waals surface area contributed by atoms with E-state index in [1.165, 1.54) is 6.20 Å². The van der Waals surface area contributed by atoms with Crippen molar-refractivity contribution in [2.75, 3.05) is 5.32 Å². The highest BCUT2D eigenvalue weighted by atomic mass is 19.4. The summed E-state index contributed by atoms with van der Waals surface area (Å²) in [6.07, 6.45) is 0.0101. The quantitative estimate of drug-likeness (QED) is 0.716. The number of ether oxygens (including phenoxy) is 1. The first-order valence-corrected chi connectivity index (χ1v) is 6.67. The molecule has 0 aliphatic rings. The van der Waals surface area contributed by atoms with Crippen molar-refractivity contribution in [2.45, 2.75) is 12.9 Å².